The summed E-state index contributed by atoms with van der Waals surface area (Å²) in [5, 5.41) is 2.70. The number of nitrogens with one attached hydrogen (secondary N) is 1. The number of rotatable bonds is 3. The lowest BCUT2D eigenvalue weighted by Gasteiger charge is -2.30. The van der Waals surface area contributed by atoms with Gasteiger partial charge in [-0.15, -0.1) is 0 Å². The summed E-state index contributed by atoms with van der Waals surface area (Å²) in [6.07, 6.45) is 3.47. The number of hydrogen-bond acceptors (Lipinski definition) is 3. The lowest BCUT2D eigenvalue weighted by atomic mass is 10.1. The van der Waals surface area contributed by atoms with E-state index in [1.54, 1.807) is 12.1 Å². The molecule has 1 N–H and O–H groups in total. The van der Waals surface area contributed by atoms with E-state index in [0.29, 0.717) is 5.69 Å². The Morgan fingerprint density at radius 3 is 2.52 bits per heavy atom. The molecule has 1 aromatic heterocycles. The molecule has 7 heteroatoms. The number of halogens is 1. The van der Waals surface area contributed by atoms with Crippen LogP contribution in [0.15, 0.2) is 76.9 Å². The molecule has 0 saturated carbocycles. The monoisotopic (exact) mass is 465 g/mol. The van der Waals surface area contributed by atoms with Gasteiger partial charge in [0.25, 0.3) is 11.8 Å². The van der Waals surface area contributed by atoms with Crippen molar-refractivity contribution in [1.82, 2.24) is 9.88 Å². The third kappa shape index (κ3) is 3.66. The molecule has 2 amide bonds. The van der Waals surface area contributed by atoms with E-state index in [1.165, 1.54) is 4.90 Å². The predicted molar refractivity (Wildman–Crippen MR) is 121 cm³/mol. The quantitative estimate of drug-likeness (QED) is 0.354. The number of anilines is 1. The van der Waals surface area contributed by atoms with E-state index in [1.807, 2.05) is 72.3 Å². The number of para-hydroxylation sites is 1. The topological polar surface area (TPSA) is 54.3 Å². The van der Waals surface area contributed by atoms with Gasteiger partial charge in [0.15, 0.2) is 5.11 Å². The van der Waals surface area contributed by atoms with E-state index in [9.17, 15) is 9.59 Å². The Kier molecular flexibility index (Phi) is 5.17. The Bertz CT molecular complexity index is 1170. The summed E-state index contributed by atoms with van der Waals surface area (Å²) in [5.41, 5.74) is 3.17. The van der Waals surface area contributed by atoms with Gasteiger partial charge in [0, 0.05) is 22.1 Å². The molecule has 0 atom stereocenters. The summed E-state index contributed by atoms with van der Waals surface area (Å²) in [6.45, 7) is 1.89. The van der Waals surface area contributed by atoms with Crippen LogP contribution in [-0.2, 0) is 9.59 Å². The Labute approximate surface area is 181 Å². The van der Waals surface area contributed by atoms with Gasteiger partial charge in [0.05, 0.1) is 5.69 Å². The summed E-state index contributed by atoms with van der Waals surface area (Å²) in [5.74, 6) is -0.961. The first-order valence-corrected chi connectivity index (χ1v) is 10.1. The number of benzene rings is 2. The Morgan fingerprint density at radius 2 is 1.79 bits per heavy atom. The van der Waals surface area contributed by atoms with Gasteiger partial charge < -0.3 is 4.57 Å². The van der Waals surface area contributed by atoms with Crippen LogP contribution >= 0.6 is 28.1 Å². The molecule has 2 heterocycles. The van der Waals surface area contributed by atoms with E-state index in [4.69, 9.17) is 12.2 Å². The molecule has 2 aromatic carbocycles. The summed E-state index contributed by atoms with van der Waals surface area (Å²) in [4.78, 5) is 27.2. The number of thiocarbonyl (C=S) groups is 1. The van der Waals surface area contributed by atoms with E-state index in [2.05, 4.69) is 21.2 Å². The van der Waals surface area contributed by atoms with Crippen LogP contribution in [0, 0.1) is 6.92 Å². The molecular weight excluding hydrogens is 450 g/mol. The van der Waals surface area contributed by atoms with Crippen molar-refractivity contribution in [2.24, 2.45) is 0 Å². The second kappa shape index (κ2) is 7.77. The van der Waals surface area contributed by atoms with Gasteiger partial charge in [-0.2, -0.15) is 0 Å². The molecule has 0 spiro atoms. The number of aromatic nitrogens is 1. The van der Waals surface area contributed by atoms with Gasteiger partial charge in [0.2, 0.25) is 0 Å². The Morgan fingerprint density at radius 1 is 1.03 bits per heavy atom. The van der Waals surface area contributed by atoms with Crippen LogP contribution in [-0.4, -0.2) is 21.5 Å². The maximum atomic E-state index is 13.2. The standard InChI is InChI=1S/C22H16BrN3O2S/c1-14-12-15(23)9-10-19(14)26-21(28)18(20(27)24-22(26)29)13-17-8-5-11-25(17)16-6-3-2-4-7-16/h2-13H,1H3,(H,24,27,29)/b18-13-. The predicted octanol–water partition coefficient (Wildman–Crippen LogP) is 4.38. The zero-order chi connectivity index (χ0) is 20.5. The van der Waals surface area contributed by atoms with Crippen molar-refractivity contribution in [3.05, 3.63) is 88.2 Å². The highest BCUT2D eigenvalue weighted by atomic mass is 79.9. The molecule has 0 bridgehead atoms. The third-order valence-corrected chi connectivity index (χ3v) is 5.39. The number of aryl methyl sites for hydroxylation is 1. The molecule has 5 nitrogen and oxygen atoms in total. The first kappa shape index (κ1) is 19.3. The number of carbonyl (C=O) groups excluding carboxylic acids is 2. The minimum atomic E-state index is -0.508. The van der Waals surface area contributed by atoms with E-state index >= 15 is 0 Å². The molecular formula is C22H16BrN3O2S. The largest absolute Gasteiger partial charge is 0.317 e. The molecule has 1 aliphatic heterocycles. The summed E-state index contributed by atoms with van der Waals surface area (Å²) < 4.78 is 2.81. The highest BCUT2D eigenvalue weighted by Gasteiger charge is 2.35. The first-order valence-electron chi connectivity index (χ1n) is 8.86. The molecule has 1 aliphatic rings. The van der Waals surface area contributed by atoms with Crippen molar-refractivity contribution in [1.29, 1.82) is 0 Å². The fourth-order valence-electron chi connectivity index (χ4n) is 3.23. The van der Waals surface area contributed by atoms with Crippen LogP contribution in [0.5, 0.6) is 0 Å². The van der Waals surface area contributed by atoms with Gasteiger partial charge in [-0.3, -0.25) is 19.8 Å². The molecule has 1 fully saturated rings. The van der Waals surface area contributed by atoms with Crippen molar-refractivity contribution in [3.8, 4) is 5.69 Å². The number of amides is 2. The smallest absolute Gasteiger partial charge is 0.270 e. The first-order chi connectivity index (χ1) is 14.0. The minimum absolute atomic E-state index is 0.0248. The van der Waals surface area contributed by atoms with Crippen LogP contribution in [0.4, 0.5) is 5.69 Å². The fraction of sp³-hybridized carbons (Fsp3) is 0.0455. The summed E-state index contributed by atoms with van der Waals surface area (Å²) in [7, 11) is 0. The second-order valence-electron chi connectivity index (χ2n) is 6.53. The molecule has 1 saturated heterocycles. The highest BCUT2D eigenvalue weighted by molar-refractivity contribution is 9.10. The van der Waals surface area contributed by atoms with Gasteiger partial charge in [-0.1, -0.05) is 34.1 Å². The Hall–Kier alpha value is -3.03. The van der Waals surface area contributed by atoms with E-state index in [-0.39, 0.29) is 10.7 Å². The van der Waals surface area contributed by atoms with Crippen molar-refractivity contribution in [3.63, 3.8) is 0 Å². The lowest BCUT2D eigenvalue weighted by Crippen LogP contribution is -2.54. The molecule has 3 aromatic rings. The molecule has 4 rings (SSSR count). The molecule has 0 aliphatic carbocycles. The average molecular weight is 466 g/mol. The zero-order valence-electron chi connectivity index (χ0n) is 15.4. The Balaban J connectivity index is 1.77. The molecule has 144 valence electrons. The van der Waals surface area contributed by atoms with Crippen LogP contribution < -0.4 is 10.2 Å². The molecule has 29 heavy (non-hydrogen) atoms. The molecule has 0 radical (unpaired) electrons. The fourth-order valence-corrected chi connectivity index (χ4v) is 3.98. The maximum Gasteiger partial charge on any atom is 0.270 e. The minimum Gasteiger partial charge on any atom is -0.317 e. The highest BCUT2D eigenvalue weighted by Crippen LogP contribution is 2.28. The number of nitrogens with zero attached hydrogens (tertiary/aromatic N) is 2. The van der Waals surface area contributed by atoms with Crippen LogP contribution in [0.2, 0.25) is 0 Å². The van der Waals surface area contributed by atoms with Crippen LogP contribution in [0.1, 0.15) is 11.3 Å². The van der Waals surface area contributed by atoms with Crippen molar-refractivity contribution < 1.29 is 9.59 Å². The maximum absolute atomic E-state index is 13.2. The van der Waals surface area contributed by atoms with Crippen LogP contribution in [0.3, 0.4) is 0 Å². The zero-order valence-corrected chi connectivity index (χ0v) is 17.8. The summed E-state index contributed by atoms with van der Waals surface area (Å²) >= 11 is 8.71. The van der Waals surface area contributed by atoms with Gasteiger partial charge >= 0.3 is 0 Å². The van der Waals surface area contributed by atoms with Gasteiger partial charge in [-0.05, 0) is 73.2 Å². The lowest BCUT2D eigenvalue weighted by molar-refractivity contribution is -0.122. The third-order valence-electron chi connectivity index (χ3n) is 4.61. The van der Waals surface area contributed by atoms with Crippen molar-refractivity contribution in [2.75, 3.05) is 4.90 Å². The molecule has 0 unspecified atom stereocenters. The van der Waals surface area contributed by atoms with E-state index < -0.39 is 11.8 Å². The van der Waals surface area contributed by atoms with Crippen molar-refractivity contribution >= 4 is 56.8 Å². The average Bonchev–Trinajstić information content (AvgIpc) is 3.15. The number of hydrogen-bond donors (Lipinski definition) is 1. The van der Waals surface area contributed by atoms with Crippen molar-refractivity contribution in [2.45, 2.75) is 6.92 Å². The van der Waals surface area contributed by atoms with Gasteiger partial charge in [0.1, 0.15) is 5.57 Å². The number of carbonyl (C=O) groups is 2. The normalized spacial score (nSPS) is 15.7. The van der Waals surface area contributed by atoms with E-state index in [0.717, 1.165) is 21.4 Å². The van der Waals surface area contributed by atoms with Gasteiger partial charge in [-0.25, -0.2) is 0 Å². The summed E-state index contributed by atoms with van der Waals surface area (Å²) in [6, 6.07) is 18.9. The second-order valence-corrected chi connectivity index (χ2v) is 7.83. The van der Waals surface area contributed by atoms with Crippen LogP contribution in [0.25, 0.3) is 11.8 Å². The SMILES string of the molecule is Cc1cc(Br)ccc1N1C(=O)/C(=C\c2cccn2-c2ccccc2)C(=O)NC1=S.